The van der Waals surface area contributed by atoms with E-state index in [1.807, 2.05) is 0 Å². The van der Waals surface area contributed by atoms with Gasteiger partial charge in [-0.15, -0.1) is 0 Å². The van der Waals surface area contributed by atoms with Gasteiger partial charge in [0, 0.05) is 23.8 Å². The number of amides is 2. The van der Waals surface area contributed by atoms with Crippen molar-refractivity contribution in [1.29, 1.82) is 0 Å². The van der Waals surface area contributed by atoms with Gasteiger partial charge >= 0.3 is 0 Å². The fourth-order valence-electron chi connectivity index (χ4n) is 3.51. The number of anilines is 1. The number of piperazine rings is 1. The summed E-state index contributed by atoms with van der Waals surface area (Å²) in [6.07, 6.45) is 0. The number of carbonyl (C=O) groups excluding carboxylic acids is 2. The van der Waals surface area contributed by atoms with Crippen molar-refractivity contribution in [3.63, 3.8) is 0 Å². The second-order valence-electron chi connectivity index (χ2n) is 7.46. The largest absolute Gasteiger partial charge is 0.350 e. The standard InChI is InChI=1S/C21H23ClFN3O4S/c1-3-31(29,30)25-13-19(27)26(18-10-6-16(22)7-11-18)21(2,14-25)20(28)24-12-15-4-8-17(23)9-5-15/h4-11H,3,12-14H2,1-2H3,(H,24,28). The summed E-state index contributed by atoms with van der Waals surface area (Å²) < 4.78 is 39.1. The van der Waals surface area contributed by atoms with Crippen molar-refractivity contribution in [2.75, 3.05) is 23.7 Å². The first-order valence-corrected chi connectivity index (χ1v) is 11.6. The summed E-state index contributed by atoms with van der Waals surface area (Å²) in [4.78, 5) is 27.7. The van der Waals surface area contributed by atoms with Crippen LogP contribution in [0.4, 0.5) is 10.1 Å². The Balaban J connectivity index is 1.94. The van der Waals surface area contributed by atoms with Gasteiger partial charge in [-0.2, -0.15) is 4.31 Å². The number of hydrogen-bond donors (Lipinski definition) is 1. The van der Waals surface area contributed by atoms with Gasteiger partial charge in [0.2, 0.25) is 21.8 Å². The molecule has 0 bridgehead atoms. The number of sulfonamides is 1. The highest BCUT2D eigenvalue weighted by molar-refractivity contribution is 7.89. The van der Waals surface area contributed by atoms with Crippen LogP contribution < -0.4 is 10.2 Å². The molecule has 1 fully saturated rings. The van der Waals surface area contributed by atoms with E-state index in [1.54, 1.807) is 24.3 Å². The fraction of sp³-hybridized carbons (Fsp3) is 0.333. The molecule has 1 saturated heterocycles. The lowest BCUT2D eigenvalue weighted by Crippen LogP contribution is -2.70. The van der Waals surface area contributed by atoms with Crippen LogP contribution in [0.3, 0.4) is 0 Å². The SMILES string of the molecule is CCS(=O)(=O)N1CC(=O)N(c2ccc(Cl)cc2)C(C)(C(=O)NCc2ccc(F)cc2)C1. The molecule has 0 radical (unpaired) electrons. The van der Waals surface area contributed by atoms with Crippen molar-refractivity contribution < 1.29 is 22.4 Å². The third kappa shape index (κ3) is 4.89. The third-order valence-corrected chi connectivity index (χ3v) is 7.26. The van der Waals surface area contributed by atoms with Crippen molar-refractivity contribution in [2.45, 2.75) is 25.9 Å². The number of halogens is 2. The Morgan fingerprint density at radius 1 is 1.16 bits per heavy atom. The smallest absolute Gasteiger partial charge is 0.247 e. The second kappa shape index (κ2) is 8.94. The number of hydrogen-bond acceptors (Lipinski definition) is 4. The van der Waals surface area contributed by atoms with Crippen LogP contribution in [0.15, 0.2) is 48.5 Å². The molecule has 0 spiro atoms. The minimum Gasteiger partial charge on any atom is -0.350 e. The summed E-state index contributed by atoms with van der Waals surface area (Å²) >= 11 is 5.95. The molecule has 1 atom stereocenters. The van der Waals surface area contributed by atoms with Gasteiger partial charge in [-0.1, -0.05) is 23.7 Å². The van der Waals surface area contributed by atoms with Gasteiger partial charge in [0.05, 0.1) is 12.3 Å². The van der Waals surface area contributed by atoms with Crippen LogP contribution >= 0.6 is 11.6 Å². The molecule has 1 N–H and O–H groups in total. The van der Waals surface area contributed by atoms with Crippen molar-refractivity contribution in [3.8, 4) is 0 Å². The first kappa shape index (κ1) is 23.2. The van der Waals surface area contributed by atoms with Gasteiger partial charge in [0.15, 0.2) is 0 Å². The van der Waals surface area contributed by atoms with Crippen molar-refractivity contribution in [2.24, 2.45) is 0 Å². The summed E-state index contributed by atoms with van der Waals surface area (Å²) in [7, 11) is -3.70. The molecule has 2 amide bonds. The highest BCUT2D eigenvalue weighted by Gasteiger charge is 2.50. The minimum atomic E-state index is -3.70. The van der Waals surface area contributed by atoms with E-state index in [4.69, 9.17) is 11.6 Å². The maximum absolute atomic E-state index is 13.3. The number of rotatable bonds is 6. The summed E-state index contributed by atoms with van der Waals surface area (Å²) in [5, 5.41) is 3.21. The molecule has 0 aliphatic carbocycles. The molecule has 0 saturated carbocycles. The highest BCUT2D eigenvalue weighted by Crippen LogP contribution is 2.31. The normalized spacial score (nSPS) is 20.0. The van der Waals surface area contributed by atoms with E-state index in [9.17, 15) is 22.4 Å². The predicted octanol–water partition coefficient (Wildman–Crippen LogP) is 2.55. The first-order chi connectivity index (χ1) is 14.6. The molecule has 166 valence electrons. The van der Waals surface area contributed by atoms with Crippen molar-refractivity contribution in [1.82, 2.24) is 9.62 Å². The van der Waals surface area contributed by atoms with Crippen LogP contribution in [0.5, 0.6) is 0 Å². The minimum absolute atomic E-state index is 0.0951. The van der Waals surface area contributed by atoms with Gasteiger partial charge in [-0.3, -0.25) is 14.5 Å². The van der Waals surface area contributed by atoms with E-state index in [2.05, 4.69) is 5.32 Å². The van der Waals surface area contributed by atoms with Crippen molar-refractivity contribution >= 4 is 39.1 Å². The summed E-state index contributed by atoms with van der Waals surface area (Å²) in [5.74, 6) is -1.63. The quantitative estimate of drug-likeness (QED) is 0.707. The van der Waals surface area contributed by atoms with Crippen LogP contribution in [0.2, 0.25) is 5.02 Å². The lowest BCUT2D eigenvalue weighted by molar-refractivity contribution is -0.133. The van der Waals surface area contributed by atoms with Crippen molar-refractivity contribution in [3.05, 3.63) is 64.9 Å². The van der Waals surface area contributed by atoms with E-state index in [-0.39, 0.29) is 25.4 Å². The molecule has 1 aliphatic rings. The molecule has 31 heavy (non-hydrogen) atoms. The highest BCUT2D eigenvalue weighted by atomic mass is 35.5. The van der Waals surface area contributed by atoms with Gasteiger partial charge < -0.3 is 5.32 Å². The molecule has 1 unspecified atom stereocenters. The third-order valence-electron chi connectivity index (χ3n) is 5.24. The van der Waals surface area contributed by atoms with E-state index >= 15 is 0 Å². The van der Waals surface area contributed by atoms with Crippen LogP contribution in [0, 0.1) is 5.82 Å². The first-order valence-electron chi connectivity index (χ1n) is 9.66. The number of nitrogens with zero attached hydrogens (tertiary/aromatic N) is 2. The fourth-order valence-corrected chi connectivity index (χ4v) is 4.76. The lowest BCUT2D eigenvalue weighted by Gasteiger charge is -2.46. The second-order valence-corrected chi connectivity index (χ2v) is 10.2. The average Bonchev–Trinajstić information content (AvgIpc) is 2.74. The van der Waals surface area contributed by atoms with Gasteiger partial charge in [-0.25, -0.2) is 12.8 Å². The maximum Gasteiger partial charge on any atom is 0.247 e. The Morgan fingerprint density at radius 3 is 2.35 bits per heavy atom. The van der Waals surface area contributed by atoms with Gasteiger partial charge in [0.1, 0.15) is 11.4 Å². The molecule has 1 heterocycles. The van der Waals surface area contributed by atoms with Crippen LogP contribution in [-0.2, 0) is 26.2 Å². The zero-order valence-electron chi connectivity index (χ0n) is 17.1. The summed E-state index contributed by atoms with van der Waals surface area (Å²) in [6, 6.07) is 12.0. The van der Waals surface area contributed by atoms with Gasteiger partial charge in [0.25, 0.3) is 0 Å². The molecule has 3 rings (SSSR count). The topological polar surface area (TPSA) is 86.8 Å². The van der Waals surface area contributed by atoms with E-state index in [1.165, 1.54) is 43.0 Å². The van der Waals surface area contributed by atoms with E-state index < -0.39 is 33.2 Å². The zero-order valence-corrected chi connectivity index (χ0v) is 18.7. The molecular formula is C21H23ClFN3O4S. The molecule has 10 heteroatoms. The lowest BCUT2D eigenvalue weighted by atomic mass is 9.94. The van der Waals surface area contributed by atoms with Crippen LogP contribution in [-0.4, -0.2) is 48.9 Å². The van der Waals surface area contributed by atoms with Gasteiger partial charge in [-0.05, 0) is 55.8 Å². The predicted molar refractivity (Wildman–Crippen MR) is 117 cm³/mol. The molecule has 2 aromatic rings. The number of carbonyl (C=O) groups is 2. The molecular weight excluding hydrogens is 445 g/mol. The van der Waals surface area contributed by atoms with E-state index in [0.29, 0.717) is 16.3 Å². The summed E-state index contributed by atoms with van der Waals surface area (Å²) in [5.41, 5.74) is -0.412. The Kier molecular flexibility index (Phi) is 6.68. The van der Waals surface area contributed by atoms with Crippen LogP contribution in [0.1, 0.15) is 19.4 Å². The monoisotopic (exact) mass is 467 g/mol. The Hall–Kier alpha value is -2.49. The Morgan fingerprint density at radius 2 is 1.77 bits per heavy atom. The number of benzene rings is 2. The zero-order chi connectivity index (χ0) is 22.8. The van der Waals surface area contributed by atoms with Crippen LogP contribution in [0.25, 0.3) is 0 Å². The molecule has 1 aliphatic heterocycles. The Labute approximate surface area is 185 Å². The number of nitrogens with one attached hydrogen (secondary N) is 1. The molecule has 7 nitrogen and oxygen atoms in total. The average molecular weight is 468 g/mol. The molecule has 0 aromatic heterocycles. The van der Waals surface area contributed by atoms with E-state index in [0.717, 1.165) is 4.31 Å². The summed E-state index contributed by atoms with van der Waals surface area (Å²) in [6.45, 7) is 2.54. The maximum atomic E-state index is 13.3. The Bertz CT molecular complexity index is 1080. The molecule has 2 aromatic carbocycles.